The molecule has 6 heteroatoms. The van der Waals surface area contributed by atoms with Crippen molar-refractivity contribution in [3.63, 3.8) is 0 Å². The molecule has 0 N–H and O–H groups in total. The van der Waals surface area contributed by atoms with Crippen LogP contribution < -0.4 is 4.74 Å². The third-order valence-corrected chi connectivity index (χ3v) is 5.85. The molecular weight excluding hydrogens is 376 g/mol. The van der Waals surface area contributed by atoms with Crippen LogP contribution in [0.2, 0.25) is 0 Å². The maximum absolute atomic E-state index is 12.7. The van der Waals surface area contributed by atoms with E-state index in [0.29, 0.717) is 19.6 Å². The molecule has 2 aromatic heterocycles. The molecule has 0 atom stereocenters. The van der Waals surface area contributed by atoms with Crippen LogP contribution in [-0.4, -0.2) is 29.4 Å². The van der Waals surface area contributed by atoms with Crippen LogP contribution in [0.25, 0.3) is 10.6 Å². The van der Waals surface area contributed by atoms with Gasteiger partial charge in [-0.05, 0) is 36.1 Å². The number of aryl methyl sites for hydroxylation is 1. The van der Waals surface area contributed by atoms with Crippen LogP contribution >= 0.6 is 22.7 Å². The fourth-order valence-corrected chi connectivity index (χ4v) is 4.42. The van der Waals surface area contributed by atoms with E-state index < -0.39 is 0 Å². The number of rotatable bonds is 8. The summed E-state index contributed by atoms with van der Waals surface area (Å²) in [7, 11) is 1.84. The Morgan fingerprint density at radius 1 is 1.30 bits per heavy atom. The summed E-state index contributed by atoms with van der Waals surface area (Å²) in [6.45, 7) is 6.67. The number of amides is 1. The Labute approximate surface area is 167 Å². The first-order valence-electron chi connectivity index (χ1n) is 8.63. The lowest BCUT2D eigenvalue weighted by atomic mass is 10.2. The molecule has 0 bridgehead atoms. The van der Waals surface area contributed by atoms with Gasteiger partial charge in [-0.15, -0.1) is 22.7 Å². The maximum atomic E-state index is 12.7. The molecule has 2 heterocycles. The quantitative estimate of drug-likeness (QED) is 0.505. The second kappa shape index (κ2) is 8.97. The molecule has 0 aliphatic rings. The Morgan fingerprint density at radius 3 is 2.74 bits per heavy atom. The van der Waals surface area contributed by atoms with Crippen LogP contribution in [0.1, 0.15) is 15.4 Å². The number of carbonyl (C=O) groups is 1. The highest BCUT2D eigenvalue weighted by Crippen LogP contribution is 2.31. The van der Waals surface area contributed by atoms with E-state index in [1.807, 2.05) is 55.7 Å². The topological polar surface area (TPSA) is 42.4 Å². The van der Waals surface area contributed by atoms with Gasteiger partial charge in [0.15, 0.2) is 0 Å². The smallest absolute Gasteiger partial charge is 0.227 e. The number of benzene rings is 1. The Hall–Kier alpha value is -2.44. The second-order valence-electron chi connectivity index (χ2n) is 6.15. The van der Waals surface area contributed by atoms with Crippen molar-refractivity contribution in [3.05, 3.63) is 69.9 Å². The molecule has 27 heavy (non-hydrogen) atoms. The summed E-state index contributed by atoms with van der Waals surface area (Å²) < 4.78 is 5.49. The minimum atomic E-state index is 0.0865. The van der Waals surface area contributed by atoms with Crippen molar-refractivity contribution in [2.24, 2.45) is 0 Å². The monoisotopic (exact) mass is 398 g/mol. The summed E-state index contributed by atoms with van der Waals surface area (Å²) in [6, 6.07) is 11.9. The summed E-state index contributed by atoms with van der Waals surface area (Å²) >= 11 is 3.25. The molecule has 3 aromatic rings. The van der Waals surface area contributed by atoms with E-state index in [2.05, 4.69) is 11.6 Å². The first kappa shape index (κ1) is 19.3. The van der Waals surface area contributed by atoms with E-state index in [0.717, 1.165) is 31.8 Å². The van der Waals surface area contributed by atoms with Crippen molar-refractivity contribution in [1.29, 1.82) is 0 Å². The Kier molecular flexibility index (Phi) is 6.42. The van der Waals surface area contributed by atoms with Crippen molar-refractivity contribution in [3.8, 4) is 16.3 Å². The average molecular weight is 399 g/mol. The number of nitrogens with zero attached hydrogens (tertiary/aromatic N) is 2. The molecule has 140 valence electrons. The van der Waals surface area contributed by atoms with Gasteiger partial charge in [-0.25, -0.2) is 4.98 Å². The van der Waals surface area contributed by atoms with E-state index in [1.54, 1.807) is 33.6 Å². The zero-order valence-corrected chi connectivity index (χ0v) is 17.1. The molecule has 0 saturated carbocycles. The lowest BCUT2D eigenvalue weighted by Crippen LogP contribution is -2.27. The molecule has 0 spiro atoms. The van der Waals surface area contributed by atoms with Gasteiger partial charge in [0.2, 0.25) is 5.91 Å². The molecule has 0 fully saturated rings. The number of thiazole rings is 1. The fraction of sp³-hybridized carbons (Fsp3) is 0.238. The zero-order valence-electron chi connectivity index (χ0n) is 15.5. The molecule has 3 rings (SSSR count). The zero-order chi connectivity index (χ0) is 19.2. The van der Waals surface area contributed by atoms with Crippen LogP contribution in [0.4, 0.5) is 0 Å². The minimum absolute atomic E-state index is 0.0865. The number of ether oxygens (including phenoxy) is 1. The number of aromatic nitrogens is 1. The van der Waals surface area contributed by atoms with Crippen molar-refractivity contribution in [2.45, 2.75) is 19.9 Å². The van der Waals surface area contributed by atoms with Gasteiger partial charge in [-0.1, -0.05) is 30.9 Å². The molecule has 0 unspecified atom stereocenters. The second-order valence-corrected chi connectivity index (χ2v) is 8.39. The fourth-order valence-electron chi connectivity index (χ4n) is 2.68. The molecule has 4 nitrogen and oxygen atoms in total. The Bertz CT molecular complexity index is 899. The van der Waals surface area contributed by atoms with E-state index in [-0.39, 0.29) is 5.91 Å². The van der Waals surface area contributed by atoms with Gasteiger partial charge in [0.25, 0.3) is 0 Å². The largest absolute Gasteiger partial charge is 0.490 e. The Morgan fingerprint density at radius 2 is 2.07 bits per heavy atom. The van der Waals surface area contributed by atoms with E-state index in [1.165, 1.54) is 0 Å². The van der Waals surface area contributed by atoms with Crippen molar-refractivity contribution in [2.75, 3.05) is 13.7 Å². The van der Waals surface area contributed by atoms with Crippen molar-refractivity contribution < 1.29 is 9.53 Å². The number of hydrogen-bond acceptors (Lipinski definition) is 5. The highest BCUT2D eigenvalue weighted by Gasteiger charge is 2.18. The third-order valence-electron chi connectivity index (χ3n) is 4.01. The molecule has 1 aromatic carbocycles. The van der Waals surface area contributed by atoms with E-state index >= 15 is 0 Å². The molecule has 0 aliphatic heterocycles. The van der Waals surface area contributed by atoms with Gasteiger partial charge in [-0.2, -0.15) is 0 Å². The normalized spacial score (nSPS) is 10.6. The van der Waals surface area contributed by atoms with Crippen LogP contribution in [0.15, 0.2) is 54.4 Å². The van der Waals surface area contributed by atoms with Gasteiger partial charge < -0.3 is 9.64 Å². The van der Waals surface area contributed by atoms with Gasteiger partial charge >= 0.3 is 0 Å². The summed E-state index contributed by atoms with van der Waals surface area (Å²) in [4.78, 5) is 21.2. The summed E-state index contributed by atoms with van der Waals surface area (Å²) in [5.74, 6) is 0.886. The highest BCUT2D eigenvalue weighted by atomic mass is 32.1. The van der Waals surface area contributed by atoms with Gasteiger partial charge in [-0.3, -0.25) is 4.79 Å². The predicted octanol–water partition coefficient (Wildman–Crippen LogP) is 4.95. The van der Waals surface area contributed by atoms with Gasteiger partial charge in [0.1, 0.15) is 12.4 Å². The summed E-state index contributed by atoms with van der Waals surface area (Å²) in [6.07, 6.45) is 2.09. The standard InChI is InChI=1S/C21H22N2O2S2/c1-4-11-25-17-9-7-16(8-10-17)14-23(3)20(24)13-19-21(22-15(2)27-19)18-6-5-12-26-18/h4-10,12H,1,11,13-14H2,2-3H3. The summed E-state index contributed by atoms with van der Waals surface area (Å²) in [5, 5.41) is 3.02. The first-order valence-corrected chi connectivity index (χ1v) is 10.3. The van der Waals surface area contributed by atoms with Gasteiger partial charge in [0, 0.05) is 18.5 Å². The SMILES string of the molecule is C=CCOc1ccc(CN(C)C(=O)Cc2sc(C)nc2-c2cccs2)cc1. The number of thiophene rings is 1. The van der Waals surface area contributed by atoms with Crippen LogP contribution in [-0.2, 0) is 17.8 Å². The number of carbonyl (C=O) groups excluding carboxylic acids is 1. The molecule has 1 amide bonds. The molecule has 0 saturated heterocycles. The van der Waals surface area contributed by atoms with Gasteiger partial charge in [0.05, 0.1) is 22.0 Å². The summed E-state index contributed by atoms with van der Waals surface area (Å²) in [5.41, 5.74) is 2.01. The maximum Gasteiger partial charge on any atom is 0.227 e. The molecular formula is C21H22N2O2S2. The van der Waals surface area contributed by atoms with Crippen LogP contribution in [0, 0.1) is 6.92 Å². The lowest BCUT2D eigenvalue weighted by molar-refractivity contribution is -0.129. The van der Waals surface area contributed by atoms with E-state index in [4.69, 9.17) is 4.74 Å². The number of hydrogen-bond donors (Lipinski definition) is 0. The third kappa shape index (κ3) is 5.05. The van der Waals surface area contributed by atoms with Crippen LogP contribution in [0.3, 0.4) is 0 Å². The first-order chi connectivity index (χ1) is 13.1. The average Bonchev–Trinajstić information content (AvgIpc) is 3.30. The lowest BCUT2D eigenvalue weighted by Gasteiger charge is -2.17. The minimum Gasteiger partial charge on any atom is -0.490 e. The van der Waals surface area contributed by atoms with Crippen molar-refractivity contribution >= 4 is 28.6 Å². The van der Waals surface area contributed by atoms with Crippen molar-refractivity contribution in [1.82, 2.24) is 9.88 Å². The number of likely N-dealkylation sites (N-methyl/N-ethyl adjacent to an activating group) is 1. The Balaban J connectivity index is 1.64. The molecule has 0 radical (unpaired) electrons. The van der Waals surface area contributed by atoms with E-state index in [9.17, 15) is 4.79 Å². The highest BCUT2D eigenvalue weighted by molar-refractivity contribution is 7.15. The predicted molar refractivity (Wildman–Crippen MR) is 112 cm³/mol. The molecule has 0 aliphatic carbocycles. The van der Waals surface area contributed by atoms with Crippen LogP contribution in [0.5, 0.6) is 5.75 Å².